The average molecular weight is 262 g/mol. The number of nitrogen functional groups attached to an aromatic ring is 1. The number of carbonyl (C=O) groups is 1. The molecule has 1 fully saturated rings. The molecule has 1 aromatic rings. The first-order valence-corrected chi connectivity index (χ1v) is 6.92. The molecule has 0 spiro atoms. The molecule has 0 radical (unpaired) electrons. The maximum Gasteiger partial charge on any atom is 0.251 e. The SMILES string of the molecule is COc1cc(N)cc(C(=O)NCC2CCCCC2)c1. The Hall–Kier alpha value is -1.71. The zero-order chi connectivity index (χ0) is 13.7. The van der Waals surface area contributed by atoms with E-state index in [9.17, 15) is 4.79 Å². The van der Waals surface area contributed by atoms with Crippen LogP contribution in [-0.2, 0) is 0 Å². The van der Waals surface area contributed by atoms with Crippen LogP contribution in [-0.4, -0.2) is 19.6 Å². The van der Waals surface area contributed by atoms with E-state index in [1.165, 1.54) is 32.1 Å². The van der Waals surface area contributed by atoms with E-state index in [1.807, 2.05) is 0 Å². The molecule has 2 rings (SSSR count). The molecule has 0 atom stereocenters. The molecule has 19 heavy (non-hydrogen) atoms. The lowest BCUT2D eigenvalue weighted by Crippen LogP contribution is -2.30. The van der Waals surface area contributed by atoms with Crippen LogP contribution in [0.15, 0.2) is 18.2 Å². The van der Waals surface area contributed by atoms with Crippen molar-refractivity contribution in [1.82, 2.24) is 5.32 Å². The highest BCUT2D eigenvalue weighted by Crippen LogP contribution is 2.23. The quantitative estimate of drug-likeness (QED) is 0.820. The van der Waals surface area contributed by atoms with Gasteiger partial charge in [-0.2, -0.15) is 0 Å². The van der Waals surface area contributed by atoms with E-state index >= 15 is 0 Å². The van der Waals surface area contributed by atoms with Gasteiger partial charge in [-0.25, -0.2) is 0 Å². The predicted molar refractivity (Wildman–Crippen MR) is 76.3 cm³/mol. The van der Waals surface area contributed by atoms with E-state index in [0.717, 1.165) is 6.54 Å². The van der Waals surface area contributed by atoms with E-state index in [0.29, 0.717) is 22.9 Å². The van der Waals surface area contributed by atoms with Crippen molar-refractivity contribution in [1.29, 1.82) is 0 Å². The maximum atomic E-state index is 12.1. The molecule has 1 aliphatic rings. The Morgan fingerprint density at radius 2 is 2.05 bits per heavy atom. The van der Waals surface area contributed by atoms with Crippen LogP contribution in [0.1, 0.15) is 42.5 Å². The van der Waals surface area contributed by atoms with E-state index < -0.39 is 0 Å². The van der Waals surface area contributed by atoms with E-state index in [2.05, 4.69) is 5.32 Å². The second-order valence-corrected chi connectivity index (χ2v) is 5.21. The molecule has 0 unspecified atom stereocenters. The standard InChI is InChI=1S/C15H22N2O2/c1-19-14-8-12(7-13(16)9-14)15(18)17-10-11-5-3-2-4-6-11/h7-9,11H,2-6,10,16H2,1H3,(H,17,18). The lowest BCUT2D eigenvalue weighted by molar-refractivity contribution is 0.0943. The zero-order valence-electron chi connectivity index (χ0n) is 11.4. The maximum absolute atomic E-state index is 12.1. The van der Waals surface area contributed by atoms with Crippen molar-refractivity contribution < 1.29 is 9.53 Å². The fourth-order valence-corrected chi connectivity index (χ4v) is 2.60. The van der Waals surface area contributed by atoms with Crippen molar-refractivity contribution in [3.05, 3.63) is 23.8 Å². The molecule has 0 aliphatic heterocycles. The molecular formula is C15H22N2O2. The summed E-state index contributed by atoms with van der Waals surface area (Å²) >= 11 is 0. The number of hydrogen-bond donors (Lipinski definition) is 2. The van der Waals surface area contributed by atoms with Crippen LogP contribution < -0.4 is 15.8 Å². The molecule has 1 aliphatic carbocycles. The number of amides is 1. The van der Waals surface area contributed by atoms with Crippen LogP contribution >= 0.6 is 0 Å². The fraction of sp³-hybridized carbons (Fsp3) is 0.533. The third kappa shape index (κ3) is 3.88. The second kappa shape index (κ2) is 6.45. The first kappa shape index (κ1) is 13.7. The predicted octanol–water partition coefficient (Wildman–Crippen LogP) is 2.59. The van der Waals surface area contributed by atoms with Gasteiger partial charge in [0.15, 0.2) is 0 Å². The van der Waals surface area contributed by atoms with Gasteiger partial charge in [-0.05, 0) is 30.9 Å². The van der Waals surface area contributed by atoms with Gasteiger partial charge in [0.25, 0.3) is 5.91 Å². The lowest BCUT2D eigenvalue weighted by atomic mass is 9.89. The summed E-state index contributed by atoms with van der Waals surface area (Å²) in [6.07, 6.45) is 6.34. The molecule has 0 heterocycles. The summed E-state index contributed by atoms with van der Waals surface area (Å²) in [5, 5.41) is 3.00. The minimum Gasteiger partial charge on any atom is -0.497 e. The largest absolute Gasteiger partial charge is 0.497 e. The summed E-state index contributed by atoms with van der Waals surface area (Å²) in [7, 11) is 1.57. The van der Waals surface area contributed by atoms with Crippen molar-refractivity contribution in [2.24, 2.45) is 5.92 Å². The normalized spacial score (nSPS) is 16.1. The summed E-state index contributed by atoms with van der Waals surface area (Å²) in [5.74, 6) is 1.17. The lowest BCUT2D eigenvalue weighted by Gasteiger charge is -2.21. The molecule has 0 bridgehead atoms. The first-order valence-electron chi connectivity index (χ1n) is 6.92. The van der Waals surface area contributed by atoms with Crippen molar-refractivity contribution in [3.63, 3.8) is 0 Å². The van der Waals surface area contributed by atoms with Crippen LogP contribution in [0.3, 0.4) is 0 Å². The molecule has 0 saturated heterocycles. The Balaban J connectivity index is 1.93. The van der Waals surface area contributed by atoms with Gasteiger partial charge in [-0.3, -0.25) is 4.79 Å². The van der Waals surface area contributed by atoms with Gasteiger partial charge in [0.1, 0.15) is 5.75 Å². The van der Waals surface area contributed by atoms with Crippen molar-refractivity contribution >= 4 is 11.6 Å². The first-order chi connectivity index (χ1) is 9.19. The second-order valence-electron chi connectivity index (χ2n) is 5.21. The topological polar surface area (TPSA) is 64.3 Å². The molecule has 1 saturated carbocycles. The Bertz CT molecular complexity index is 440. The monoisotopic (exact) mass is 262 g/mol. The zero-order valence-corrected chi connectivity index (χ0v) is 11.4. The van der Waals surface area contributed by atoms with Crippen molar-refractivity contribution in [2.45, 2.75) is 32.1 Å². The van der Waals surface area contributed by atoms with Crippen LogP contribution in [0.2, 0.25) is 0 Å². The Morgan fingerprint density at radius 3 is 2.74 bits per heavy atom. The van der Waals surface area contributed by atoms with Gasteiger partial charge in [0.2, 0.25) is 0 Å². The number of methoxy groups -OCH3 is 1. The number of rotatable bonds is 4. The Morgan fingerprint density at radius 1 is 1.32 bits per heavy atom. The van der Waals surface area contributed by atoms with Crippen LogP contribution in [0, 0.1) is 5.92 Å². The summed E-state index contributed by atoms with van der Waals surface area (Å²) in [6, 6.07) is 5.10. The van der Waals surface area contributed by atoms with Crippen LogP contribution in [0.25, 0.3) is 0 Å². The number of nitrogens with one attached hydrogen (secondary N) is 1. The highest BCUT2D eigenvalue weighted by atomic mass is 16.5. The molecule has 104 valence electrons. The molecule has 4 nitrogen and oxygen atoms in total. The highest BCUT2D eigenvalue weighted by molar-refractivity contribution is 5.95. The van der Waals surface area contributed by atoms with Gasteiger partial charge in [0, 0.05) is 23.9 Å². The number of anilines is 1. The summed E-state index contributed by atoms with van der Waals surface area (Å²) in [5.41, 5.74) is 6.86. The van der Waals surface area contributed by atoms with Gasteiger partial charge >= 0.3 is 0 Å². The number of benzene rings is 1. The van der Waals surface area contributed by atoms with E-state index in [-0.39, 0.29) is 5.91 Å². The van der Waals surface area contributed by atoms with Gasteiger partial charge < -0.3 is 15.8 Å². The molecule has 4 heteroatoms. The fourth-order valence-electron chi connectivity index (χ4n) is 2.60. The summed E-state index contributed by atoms with van der Waals surface area (Å²) in [4.78, 5) is 12.1. The molecule has 1 amide bonds. The van der Waals surface area contributed by atoms with Gasteiger partial charge in [-0.15, -0.1) is 0 Å². The van der Waals surface area contributed by atoms with E-state index in [4.69, 9.17) is 10.5 Å². The smallest absolute Gasteiger partial charge is 0.251 e. The van der Waals surface area contributed by atoms with Gasteiger partial charge in [0.05, 0.1) is 7.11 Å². The molecule has 1 aromatic carbocycles. The number of hydrogen-bond acceptors (Lipinski definition) is 3. The summed E-state index contributed by atoms with van der Waals surface area (Å²) < 4.78 is 5.12. The Kier molecular flexibility index (Phi) is 4.66. The molecule has 3 N–H and O–H groups in total. The van der Waals surface area contributed by atoms with Crippen LogP contribution in [0.4, 0.5) is 5.69 Å². The minimum atomic E-state index is -0.0730. The number of ether oxygens (including phenoxy) is 1. The Labute approximate surface area is 114 Å². The summed E-state index contributed by atoms with van der Waals surface area (Å²) in [6.45, 7) is 0.760. The number of nitrogens with two attached hydrogens (primary N) is 1. The van der Waals surface area contributed by atoms with Crippen molar-refractivity contribution in [2.75, 3.05) is 19.4 Å². The van der Waals surface area contributed by atoms with Gasteiger partial charge in [-0.1, -0.05) is 19.3 Å². The highest BCUT2D eigenvalue weighted by Gasteiger charge is 2.15. The van der Waals surface area contributed by atoms with Crippen molar-refractivity contribution in [3.8, 4) is 5.75 Å². The third-order valence-corrected chi connectivity index (χ3v) is 3.70. The van der Waals surface area contributed by atoms with Crippen LogP contribution in [0.5, 0.6) is 5.75 Å². The molecule has 0 aromatic heterocycles. The average Bonchev–Trinajstić information content (AvgIpc) is 2.45. The minimum absolute atomic E-state index is 0.0730. The third-order valence-electron chi connectivity index (χ3n) is 3.70. The number of carbonyl (C=O) groups excluding carboxylic acids is 1. The van der Waals surface area contributed by atoms with E-state index in [1.54, 1.807) is 25.3 Å². The molecular weight excluding hydrogens is 240 g/mol.